The average molecular weight is 309 g/mol. The summed E-state index contributed by atoms with van der Waals surface area (Å²) >= 11 is 0. The molecule has 1 nitrogen and oxygen atoms in total. The number of nitriles is 1. The first kappa shape index (κ1) is 16.6. The summed E-state index contributed by atoms with van der Waals surface area (Å²) in [6.07, 6.45) is 14.4. The highest BCUT2D eigenvalue weighted by atomic mass is 14.4. The van der Waals surface area contributed by atoms with Crippen LogP contribution in [0, 0.1) is 29.1 Å². The Kier molecular flexibility index (Phi) is 5.76. The minimum absolute atomic E-state index is 0.732. The fourth-order valence-corrected chi connectivity index (χ4v) is 5.11. The second kappa shape index (κ2) is 8.00. The van der Waals surface area contributed by atoms with Crippen LogP contribution in [-0.4, -0.2) is 0 Å². The number of nitrogens with zero attached hydrogens (tertiary/aromatic N) is 1. The van der Waals surface area contributed by atoms with Gasteiger partial charge in [-0.25, -0.2) is 0 Å². The van der Waals surface area contributed by atoms with E-state index in [4.69, 9.17) is 5.26 Å². The zero-order valence-corrected chi connectivity index (χ0v) is 14.6. The molecule has 0 spiro atoms. The maximum absolute atomic E-state index is 8.92. The molecule has 0 saturated heterocycles. The Bertz CT molecular complexity index is 508. The first-order valence-electron chi connectivity index (χ1n) is 9.80. The van der Waals surface area contributed by atoms with Crippen molar-refractivity contribution in [3.8, 4) is 6.07 Å². The van der Waals surface area contributed by atoms with Gasteiger partial charge in [0.25, 0.3) is 0 Å². The molecule has 0 atom stereocenters. The van der Waals surface area contributed by atoms with E-state index < -0.39 is 0 Å². The van der Waals surface area contributed by atoms with Crippen LogP contribution in [0.1, 0.15) is 88.2 Å². The van der Waals surface area contributed by atoms with Crippen LogP contribution in [0.3, 0.4) is 0 Å². The predicted molar refractivity (Wildman–Crippen MR) is 96.2 cm³/mol. The Morgan fingerprint density at radius 1 is 0.870 bits per heavy atom. The largest absolute Gasteiger partial charge is 0.192 e. The molecular formula is C22H31N. The Morgan fingerprint density at radius 3 is 1.96 bits per heavy atom. The van der Waals surface area contributed by atoms with E-state index in [1.165, 1.54) is 69.8 Å². The SMILES string of the molecule is CCCC1CCC([C@H]2CC[C@H](c3ccc(C#N)cc3)CC2)CC1. The maximum Gasteiger partial charge on any atom is 0.0991 e. The summed E-state index contributed by atoms with van der Waals surface area (Å²) in [6, 6.07) is 10.5. The van der Waals surface area contributed by atoms with Crippen LogP contribution in [0.25, 0.3) is 0 Å². The van der Waals surface area contributed by atoms with Crippen molar-refractivity contribution in [2.75, 3.05) is 0 Å². The fraction of sp³-hybridized carbons (Fsp3) is 0.682. The van der Waals surface area contributed by atoms with Crippen molar-refractivity contribution in [1.82, 2.24) is 0 Å². The monoisotopic (exact) mass is 309 g/mol. The van der Waals surface area contributed by atoms with Crippen molar-refractivity contribution in [2.45, 2.75) is 77.0 Å². The summed E-state index contributed by atoms with van der Waals surface area (Å²) in [5, 5.41) is 8.92. The molecule has 1 aromatic carbocycles. The normalized spacial score (nSPS) is 31.5. The summed E-state index contributed by atoms with van der Waals surface area (Å²) in [7, 11) is 0. The van der Waals surface area contributed by atoms with Gasteiger partial charge in [0.1, 0.15) is 0 Å². The molecule has 2 aliphatic rings. The van der Waals surface area contributed by atoms with Gasteiger partial charge in [0, 0.05) is 0 Å². The Hall–Kier alpha value is -1.29. The lowest BCUT2D eigenvalue weighted by atomic mass is 9.68. The Labute approximate surface area is 142 Å². The van der Waals surface area contributed by atoms with Gasteiger partial charge in [0.05, 0.1) is 11.6 Å². The Balaban J connectivity index is 1.48. The quantitative estimate of drug-likeness (QED) is 0.628. The lowest BCUT2D eigenvalue weighted by molar-refractivity contribution is 0.156. The molecule has 2 fully saturated rings. The van der Waals surface area contributed by atoms with Crippen LogP contribution in [-0.2, 0) is 0 Å². The van der Waals surface area contributed by atoms with Crippen molar-refractivity contribution in [3.05, 3.63) is 35.4 Å². The summed E-state index contributed by atoms with van der Waals surface area (Å²) in [4.78, 5) is 0. The predicted octanol–water partition coefficient (Wildman–Crippen LogP) is 6.44. The maximum atomic E-state index is 8.92. The van der Waals surface area contributed by atoms with Gasteiger partial charge >= 0.3 is 0 Å². The second-order valence-electron chi connectivity index (χ2n) is 7.91. The minimum Gasteiger partial charge on any atom is -0.192 e. The van der Waals surface area contributed by atoms with E-state index in [-0.39, 0.29) is 0 Å². The Morgan fingerprint density at radius 2 is 1.43 bits per heavy atom. The second-order valence-corrected chi connectivity index (χ2v) is 7.91. The lowest BCUT2D eigenvalue weighted by Crippen LogP contribution is -2.25. The summed E-state index contributed by atoms with van der Waals surface area (Å²) in [5.74, 6) is 3.78. The molecule has 23 heavy (non-hydrogen) atoms. The molecule has 0 aliphatic heterocycles. The molecule has 0 aromatic heterocycles. The van der Waals surface area contributed by atoms with Crippen molar-refractivity contribution in [2.24, 2.45) is 17.8 Å². The fourth-order valence-electron chi connectivity index (χ4n) is 5.11. The zero-order chi connectivity index (χ0) is 16.1. The van der Waals surface area contributed by atoms with Crippen molar-refractivity contribution < 1.29 is 0 Å². The highest BCUT2D eigenvalue weighted by Crippen LogP contribution is 2.44. The van der Waals surface area contributed by atoms with Gasteiger partial charge in [-0.2, -0.15) is 5.26 Å². The van der Waals surface area contributed by atoms with Crippen molar-refractivity contribution in [3.63, 3.8) is 0 Å². The number of hydrogen-bond acceptors (Lipinski definition) is 1. The zero-order valence-electron chi connectivity index (χ0n) is 14.6. The van der Waals surface area contributed by atoms with Crippen LogP contribution in [0.2, 0.25) is 0 Å². The van der Waals surface area contributed by atoms with Gasteiger partial charge in [-0.15, -0.1) is 0 Å². The first-order chi connectivity index (χ1) is 11.3. The standard InChI is InChI=1S/C22H31N/c1-2-3-17-4-8-19(9-5-17)21-12-14-22(15-13-21)20-10-6-18(16-23)7-11-20/h6-7,10-11,17,19,21-22H,2-5,8-9,12-15H2,1H3/t17?,19?,21-,22-. The molecule has 0 unspecified atom stereocenters. The van der Waals surface area contributed by atoms with Gasteiger partial charge in [0.15, 0.2) is 0 Å². The van der Waals surface area contributed by atoms with Crippen LogP contribution in [0.15, 0.2) is 24.3 Å². The third-order valence-corrected chi connectivity index (χ3v) is 6.54. The number of benzene rings is 1. The first-order valence-corrected chi connectivity index (χ1v) is 9.80. The van der Waals surface area contributed by atoms with Crippen molar-refractivity contribution in [1.29, 1.82) is 5.26 Å². The molecule has 0 N–H and O–H groups in total. The molecule has 0 bridgehead atoms. The highest BCUT2D eigenvalue weighted by molar-refractivity contribution is 5.33. The third-order valence-electron chi connectivity index (χ3n) is 6.54. The van der Waals surface area contributed by atoms with Crippen LogP contribution in [0.4, 0.5) is 0 Å². The van der Waals surface area contributed by atoms with Crippen molar-refractivity contribution >= 4 is 0 Å². The van der Waals surface area contributed by atoms with Gasteiger partial charge in [-0.05, 0) is 79.9 Å². The molecule has 0 radical (unpaired) electrons. The number of hydrogen-bond donors (Lipinski definition) is 0. The molecule has 3 rings (SSSR count). The highest BCUT2D eigenvalue weighted by Gasteiger charge is 2.30. The smallest absolute Gasteiger partial charge is 0.0991 e. The minimum atomic E-state index is 0.732. The third kappa shape index (κ3) is 4.17. The molecule has 0 heterocycles. The van der Waals surface area contributed by atoms with E-state index in [2.05, 4.69) is 25.1 Å². The lowest BCUT2D eigenvalue weighted by Gasteiger charge is -2.38. The van der Waals surface area contributed by atoms with Crippen LogP contribution >= 0.6 is 0 Å². The van der Waals surface area contributed by atoms with E-state index in [0.29, 0.717) is 0 Å². The molecule has 1 aromatic rings. The van der Waals surface area contributed by atoms with E-state index in [1.807, 2.05) is 12.1 Å². The topological polar surface area (TPSA) is 23.8 Å². The van der Waals surface area contributed by atoms with Gasteiger partial charge in [0.2, 0.25) is 0 Å². The number of rotatable bonds is 4. The molecule has 124 valence electrons. The van der Waals surface area contributed by atoms with Crippen LogP contribution < -0.4 is 0 Å². The molecule has 0 amide bonds. The van der Waals surface area contributed by atoms with Gasteiger partial charge < -0.3 is 0 Å². The summed E-state index contributed by atoms with van der Waals surface area (Å²) in [6.45, 7) is 2.33. The van der Waals surface area contributed by atoms with Gasteiger partial charge in [-0.1, -0.05) is 44.7 Å². The summed E-state index contributed by atoms with van der Waals surface area (Å²) in [5.41, 5.74) is 2.24. The van der Waals surface area contributed by atoms with Gasteiger partial charge in [-0.3, -0.25) is 0 Å². The summed E-state index contributed by atoms with van der Waals surface area (Å²) < 4.78 is 0. The molecule has 2 aliphatic carbocycles. The van der Waals surface area contributed by atoms with E-state index in [9.17, 15) is 0 Å². The molecular weight excluding hydrogens is 278 g/mol. The molecule has 2 saturated carbocycles. The average Bonchev–Trinajstić information content (AvgIpc) is 2.63. The van der Waals surface area contributed by atoms with Crippen LogP contribution in [0.5, 0.6) is 0 Å². The molecule has 1 heteroatoms. The van der Waals surface area contributed by atoms with E-state index in [0.717, 1.165) is 29.2 Å². The van der Waals surface area contributed by atoms with E-state index in [1.54, 1.807) is 0 Å². The van der Waals surface area contributed by atoms with E-state index >= 15 is 0 Å².